The average Bonchev–Trinajstić information content (AvgIpc) is 3.40. The fourth-order valence-electron chi connectivity index (χ4n) is 3.01. The molecule has 6 nitrogen and oxygen atoms in total. The Hall–Kier alpha value is -2.84. The van der Waals surface area contributed by atoms with E-state index in [1.807, 2.05) is 31.7 Å². The summed E-state index contributed by atoms with van der Waals surface area (Å²) in [6.07, 6.45) is 4.64. The second-order valence-electron chi connectivity index (χ2n) is 6.73. The molecule has 0 saturated heterocycles. The predicted molar refractivity (Wildman–Crippen MR) is 119 cm³/mol. The standard InChI is InChI=1S/C21H21N5OS2/c1-5-14-6-8-15(9-7-14)20-23-13(3)17(28-20)19(27)25-21-24-12(2)16(29-21)18-22-10-11-26(18)4/h6-11H,5H2,1-4H3,(H,24,25,27). The summed E-state index contributed by atoms with van der Waals surface area (Å²) < 4.78 is 1.94. The smallest absolute Gasteiger partial charge is 0.269 e. The topological polar surface area (TPSA) is 72.7 Å². The van der Waals surface area contributed by atoms with Crippen LogP contribution in [0.25, 0.3) is 21.3 Å². The summed E-state index contributed by atoms with van der Waals surface area (Å²) in [5, 5.41) is 4.34. The molecule has 0 unspecified atom stereocenters. The zero-order valence-electron chi connectivity index (χ0n) is 16.7. The highest BCUT2D eigenvalue weighted by molar-refractivity contribution is 7.19. The van der Waals surface area contributed by atoms with Gasteiger partial charge in [-0.15, -0.1) is 11.3 Å². The molecule has 3 heterocycles. The first-order chi connectivity index (χ1) is 14.0. The van der Waals surface area contributed by atoms with Crippen LogP contribution in [0.1, 0.15) is 33.5 Å². The van der Waals surface area contributed by atoms with E-state index in [9.17, 15) is 4.79 Å². The van der Waals surface area contributed by atoms with E-state index in [4.69, 9.17) is 0 Å². The van der Waals surface area contributed by atoms with Gasteiger partial charge in [-0.2, -0.15) is 0 Å². The van der Waals surface area contributed by atoms with Crippen LogP contribution in [0.2, 0.25) is 0 Å². The molecular formula is C21H21N5OS2. The van der Waals surface area contributed by atoms with Gasteiger partial charge in [0.05, 0.1) is 16.3 Å². The maximum Gasteiger partial charge on any atom is 0.269 e. The van der Waals surface area contributed by atoms with Crippen LogP contribution in [-0.2, 0) is 13.5 Å². The monoisotopic (exact) mass is 423 g/mol. The molecule has 4 rings (SSSR count). The average molecular weight is 424 g/mol. The predicted octanol–water partition coefficient (Wildman–Crippen LogP) is 5.10. The van der Waals surface area contributed by atoms with E-state index in [0.29, 0.717) is 10.0 Å². The molecule has 0 aliphatic heterocycles. The lowest BCUT2D eigenvalue weighted by molar-refractivity contribution is 0.103. The maximum absolute atomic E-state index is 12.9. The number of anilines is 1. The normalized spacial score (nSPS) is 11.0. The molecule has 4 aromatic rings. The number of thiazole rings is 2. The number of nitrogens with one attached hydrogen (secondary N) is 1. The Morgan fingerprint density at radius 2 is 1.86 bits per heavy atom. The van der Waals surface area contributed by atoms with Crippen molar-refractivity contribution in [1.82, 2.24) is 19.5 Å². The van der Waals surface area contributed by atoms with Crippen molar-refractivity contribution in [2.24, 2.45) is 7.05 Å². The molecule has 148 valence electrons. The number of hydrogen-bond acceptors (Lipinski definition) is 6. The SMILES string of the molecule is CCc1ccc(-c2nc(C)c(C(=O)Nc3nc(C)c(-c4nccn4C)s3)s2)cc1. The van der Waals surface area contributed by atoms with Crippen molar-refractivity contribution in [3.8, 4) is 21.3 Å². The summed E-state index contributed by atoms with van der Waals surface area (Å²) in [5.41, 5.74) is 3.87. The molecule has 0 saturated carbocycles. The second-order valence-corrected chi connectivity index (χ2v) is 8.73. The largest absolute Gasteiger partial charge is 0.333 e. The summed E-state index contributed by atoms with van der Waals surface area (Å²) in [6, 6.07) is 8.32. The molecule has 0 spiro atoms. The Kier molecular flexibility index (Phi) is 5.29. The third-order valence-corrected chi connectivity index (χ3v) is 6.93. The van der Waals surface area contributed by atoms with Crippen LogP contribution in [0.5, 0.6) is 0 Å². The number of nitrogens with zero attached hydrogens (tertiary/aromatic N) is 4. The van der Waals surface area contributed by atoms with Gasteiger partial charge >= 0.3 is 0 Å². The van der Waals surface area contributed by atoms with Crippen molar-refractivity contribution in [2.45, 2.75) is 27.2 Å². The van der Waals surface area contributed by atoms with Crippen molar-refractivity contribution in [3.63, 3.8) is 0 Å². The summed E-state index contributed by atoms with van der Waals surface area (Å²) in [5.74, 6) is 0.656. The van der Waals surface area contributed by atoms with Gasteiger partial charge in [0.25, 0.3) is 5.91 Å². The fourth-order valence-corrected chi connectivity index (χ4v) is 4.98. The van der Waals surface area contributed by atoms with Crippen LogP contribution in [-0.4, -0.2) is 25.4 Å². The number of imidazole rings is 1. The Morgan fingerprint density at radius 1 is 1.10 bits per heavy atom. The quantitative estimate of drug-likeness (QED) is 0.485. The van der Waals surface area contributed by atoms with Gasteiger partial charge in [0.2, 0.25) is 0 Å². The highest BCUT2D eigenvalue weighted by Crippen LogP contribution is 2.33. The minimum absolute atomic E-state index is 0.184. The summed E-state index contributed by atoms with van der Waals surface area (Å²) in [6.45, 7) is 5.92. The number of hydrogen-bond donors (Lipinski definition) is 1. The third-order valence-electron chi connectivity index (χ3n) is 4.65. The minimum atomic E-state index is -0.184. The summed E-state index contributed by atoms with van der Waals surface area (Å²) in [4.78, 5) is 27.9. The fraction of sp³-hybridized carbons (Fsp3) is 0.238. The lowest BCUT2D eigenvalue weighted by atomic mass is 10.1. The zero-order chi connectivity index (χ0) is 20.5. The molecule has 1 N–H and O–H groups in total. The van der Waals surface area contributed by atoms with Gasteiger partial charge in [-0.05, 0) is 25.8 Å². The van der Waals surface area contributed by atoms with E-state index in [-0.39, 0.29) is 5.91 Å². The molecule has 1 amide bonds. The second kappa shape index (κ2) is 7.88. The highest BCUT2D eigenvalue weighted by Gasteiger charge is 2.19. The summed E-state index contributed by atoms with van der Waals surface area (Å²) in [7, 11) is 1.94. The van der Waals surface area contributed by atoms with Gasteiger partial charge in [0.15, 0.2) is 11.0 Å². The Bertz CT molecular complexity index is 1170. The molecule has 3 aromatic heterocycles. The van der Waals surface area contributed by atoms with E-state index in [1.54, 1.807) is 6.20 Å². The first-order valence-electron chi connectivity index (χ1n) is 9.29. The van der Waals surface area contributed by atoms with Gasteiger partial charge in [-0.1, -0.05) is 42.5 Å². The number of amides is 1. The lowest BCUT2D eigenvalue weighted by Crippen LogP contribution is -2.11. The molecule has 8 heteroatoms. The molecule has 0 radical (unpaired) electrons. The molecular weight excluding hydrogens is 402 g/mol. The van der Waals surface area contributed by atoms with Gasteiger partial charge in [-0.3, -0.25) is 10.1 Å². The molecule has 0 bridgehead atoms. The lowest BCUT2D eigenvalue weighted by Gasteiger charge is -1.99. The molecule has 0 atom stereocenters. The first kappa shape index (κ1) is 19.5. The third kappa shape index (κ3) is 3.86. The highest BCUT2D eigenvalue weighted by atomic mass is 32.1. The van der Waals surface area contributed by atoms with Gasteiger partial charge < -0.3 is 4.57 Å². The molecule has 0 fully saturated rings. The van der Waals surface area contributed by atoms with E-state index in [1.165, 1.54) is 28.2 Å². The van der Waals surface area contributed by atoms with Crippen molar-refractivity contribution in [3.05, 3.63) is 58.5 Å². The number of carbonyl (C=O) groups excluding carboxylic acids is 1. The Balaban J connectivity index is 1.56. The number of rotatable bonds is 5. The Labute approximate surface area is 177 Å². The van der Waals surface area contributed by atoms with Crippen molar-refractivity contribution in [1.29, 1.82) is 0 Å². The van der Waals surface area contributed by atoms with Crippen molar-refractivity contribution in [2.75, 3.05) is 5.32 Å². The van der Waals surface area contributed by atoms with Gasteiger partial charge in [-0.25, -0.2) is 15.0 Å². The molecule has 1 aromatic carbocycles. The molecule has 29 heavy (non-hydrogen) atoms. The number of aromatic nitrogens is 4. The van der Waals surface area contributed by atoms with E-state index < -0.39 is 0 Å². The molecule has 0 aliphatic carbocycles. The minimum Gasteiger partial charge on any atom is -0.333 e. The van der Waals surface area contributed by atoms with Crippen LogP contribution in [0, 0.1) is 13.8 Å². The van der Waals surface area contributed by atoms with Gasteiger partial charge in [0.1, 0.15) is 9.88 Å². The van der Waals surface area contributed by atoms with E-state index in [0.717, 1.165) is 39.1 Å². The van der Waals surface area contributed by atoms with Gasteiger partial charge in [0, 0.05) is 25.0 Å². The van der Waals surface area contributed by atoms with Crippen LogP contribution >= 0.6 is 22.7 Å². The number of benzene rings is 1. The van der Waals surface area contributed by atoms with Crippen LogP contribution in [0.15, 0.2) is 36.7 Å². The maximum atomic E-state index is 12.9. The summed E-state index contributed by atoms with van der Waals surface area (Å²) >= 11 is 2.83. The zero-order valence-corrected chi connectivity index (χ0v) is 18.3. The van der Waals surface area contributed by atoms with E-state index in [2.05, 4.69) is 51.5 Å². The first-order valence-corrected chi connectivity index (χ1v) is 10.9. The van der Waals surface area contributed by atoms with Crippen LogP contribution in [0.3, 0.4) is 0 Å². The van der Waals surface area contributed by atoms with Crippen LogP contribution in [0.4, 0.5) is 5.13 Å². The van der Waals surface area contributed by atoms with Crippen LogP contribution < -0.4 is 5.32 Å². The van der Waals surface area contributed by atoms with Crippen molar-refractivity contribution < 1.29 is 4.79 Å². The van der Waals surface area contributed by atoms with E-state index >= 15 is 0 Å². The molecule has 0 aliphatic rings. The number of carbonyl (C=O) groups is 1. The number of aryl methyl sites for hydroxylation is 4. The van der Waals surface area contributed by atoms with Crippen molar-refractivity contribution >= 4 is 33.7 Å². The Morgan fingerprint density at radius 3 is 2.52 bits per heavy atom.